The number of nitrogens with one attached hydrogen (secondary N) is 1. The number of benzene rings is 2. The number of amides is 1. The predicted octanol–water partition coefficient (Wildman–Crippen LogP) is 4.06. The maximum Gasteiger partial charge on any atom is 0.360 e. The zero-order valence-corrected chi connectivity index (χ0v) is 13.0. The Morgan fingerprint density at radius 2 is 1.87 bits per heavy atom. The molecule has 2 aromatic carbocycles. The van der Waals surface area contributed by atoms with Crippen LogP contribution in [0, 0.1) is 0 Å². The van der Waals surface area contributed by atoms with E-state index in [1.165, 1.54) is 36.4 Å². The Morgan fingerprint density at radius 1 is 1.09 bits per heavy atom. The van der Waals surface area contributed by atoms with Crippen LogP contribution in [0.4, 0.5) is 5.69 Å². The highest BCUT2D eigenvalue weighted by molar-refractivity contribution is 6.37. The lowest BCUT2D eigenvalue weighted by molar-refractivity contribution is 0.102. The lowest BCUT2D eigenvalue weighted by Crippen LogP contribution is -2.18. The molecule has 116 valence electrons. The Labute approximate surface area is 140 Å². The summed E-state index contributed by atoms with van der Waals surface area (Å²) >= 11 is 11.8. The van der Waals surface area contributed by atoms with Crippen molar-refractivity contribution in [3.63, 3.8) is 0 Å². The number of phenolic OH excluding ortho intramolecular Hbond substituents is 1. The molecule has 0 saturated heterocycles. The zero-order valence-electron chi connectivity index (χ0n) is 11.5. The summed E-state index contributed by atoms with van der Waals surface area (Å²) in [6.07, 6.45) is 0. The summed E-state index contributed by atoms with van der Waals surface area (Å²) in [7, 11) is 0. The fourth-order valence-corrected chi connectivity index (χ4v) is 2.54. The molecule has 0 saturated carbocycles. The van der Waals surface area contributed by atoms with Crippen molar-refractivity contribution in [3.8, 4) is 5.75 Å². The summed E-state index contributed by atoms with van der Waals surface area (Å²) in [5.41, 5.74) is -0.362. The molecule has 0 fully saturated rings. The van der Waals surface area contributed by atoms with E-state index in [0.29, 0.717) is 10.4 Å². The maximum atomic E-state index is 12.2. The van der Waals surface area contributed by atoms with Crippen LogP contribution in [0.25, 0.3) is 11.0 Å². The van der Waals surface area contributed by atoms with Crippen molar-refractivity contribution in [2.24, 2.45) is 0 Å². The number of anilines is 1. The van der Waals surface area contributed by atoms with Gasteiger partial charge < -0.3 is 14.8 Å². The number of hydrogen-bond donors (Lipinski definition) is 2. The predicted molar refractivity (Wildman–Crippen MR) is 88.6 cm³/mol. The van der Waals surface area contributed by atoms with Gasteiger partial charge in [-0.2, -0.15) is 0 Å². The third kappa shape index (κ3) is 3.16. The van der Waals surface area contributed by atoms with Gasteiger partial charge in [0, 0.05) is 16.5 Å². The van der Waals surface area contributed by atoms with Crippen molar-refractivity contribution in [1.82, 2.24) is 0 Å². The van der Waals surface area contributed by atoms with Crippen molar-refractivity contribution in [1.29, 1.82) is 0 Å². The highest BCUT2D eigenvalue weighted by atomic mass is 35.5. The minimum Gasteiger partial charge on any atom is -0.508 e. The first-order chi connectivity index (χ1) is 10.9. The molecule has 23 heavy (non-hydrogen) atoms. The molecule has 0 spiro atoms. The van der Waals surface area contributed by atoms with Gasteiger partial charge in [-0.05, 0) is 36.4 Å². The topological polar surface area (TPSA) is 79.5 Å². The van der Waals surface area contributed by atoms with Gasteiger partial charge in [0.15, 0.2) is 0 Å². The second kappa shape index (κ2) is 5.95. The van der Waals surface area contributed by atoms with Gasteiger partial charge >= 0.3 is 5.63 Å². The van der Waals surface area contributed by atoms with Crippen molar-refractivity contribution < 1.29 is 14.3 Å². The van der Waals surface area contributed by atoms with Crippen LogP contribution >= 0.6 is 23.2 Å². The highest BCUT2D eigenvalue weighted by Gasteiger charge is 2.14. The van der Waals surface area contributed by atoms with E-state index >= 15 is 0 Å². The molecule has 3 aromatic rings. The van der Waals surface area contributed by atoms with Crippen LogP contribution in [-0.4, -0.2) is 11.0 Å². The van der Waals surface area contributed by atoms with Crippen LogP contribution in [0.3, 0.4) is 0 Å². The number of fused-ring (bicyclic) bond motifs is 1. The number of halogens is 2. The van der Waals surface area contributed by atoms with Crippen LogP contribution in [-0.2, 0) is 0 Å². The Bertz CT molecular complexity index is 981. The summed E-state index contributed by atoms with van der Waals surface area (Å²) in [5.74, 6) is -0.581. The average molecular weight is 350 g/mol. The van der Waals surface area contributed by atoms with E-state index in [-0.39, 0.29) is 27.6 Å². The van der Waals surface area contributed by atoms with Crippen LogP contribution in [0.1, 0.15) is 10.4 Å². The second-order valence-electron chi connectivity index (χ2n) is 4.75. The molecule has 0 aliphatic carbocycles. The standard InChI is InChI=1S/C16H9Cl2NO4/c17-9-2-4-11(12(18)6-9)15(21)19-13-5-8-1-3-10(20)7-14(8)23-16(13)22/h1-7,20H,(H,19,21). The number of carbonyl (C=O) groups is 1. The number of phenols is 1. The van der Waals surface area contributed by atoms with E-state index in [0.717, 1.165) is 0 Å². The Balaban J connectivity index is 1.97. The van der Waals surface area contributed by atoms with E-state index in [4.69, 9.17) is 27.6 Å². The first-order valence-electron chi connectivity index (χ1n) is 6.47. The minimum absolute atomic E-state index is 0.0228. The smallest absolute Gasteiger partial charge is 0.360 e. The molecule has 1 aromatic heterocycles. The fraction of sp³-hybridized carbons (Fsp3) is 0. The third-order valence-electron chi connectivity index (χ3n) is 3.14. The maximum absolute atomic E-state index is 12.2. The molecule has 0 unspecified atom stereocenters. The van der Waals surface area contributed by atoms with Crippen LogP contribution in [0.2, 0.25) is 10.0 Å². The molecular weight excluding hydrogens is 341 g/mol. The Morgan fingerprint density at radius 3 is 2.61 bits per heavy atom. The number of rotatable bonds is 2. The normalized spacial score (nSPS) is 10.7. The molecule has 0 aliphatic heterocycles. The summed E-state index contributed by atoms with van der Waals surface area (Å²) in [6, 6.07) is 10.2. The van der Waals surface area contributed by atoms with Gasteiger partial charge in [-0.1, -0.05) is 23.2 Å². The summed E-state index contributed by atoms with van der Waals surface area (Å²) in [5, 5.41) is 13.0. The van der Waals surface area contributed by atoms with Crippen LogP contribution in [0.5, 0.6) is 5.75 Å². The molecule has 7 heteroatoms. The van der Waals surface area contributed by atoms with E-state index in [9.17, 15) is 14.7 Å². The van der Waals surface area contributed by atoms with Gasteiger partial charge in [0.05, 0.1) is 10.6 Å². The van der Waals surface area contributed by atoms with Crippen molar-refractivity contribution in [3.05, 3.63) is 68.5 Å². The van der Waals surface area contributed by atoms with E-state index in [1.54, 1.807) is 6.07 Å². The summed E-state index contributed by atoms with van der Waals surface area (Å²) in [4.78, 5) is 24.2. The number of aromatic hydroxyl groups is 1. The van der Waals surface area contributed by atoms with Gasteiger partial charge in [0.1, 0.15) is 17.0 Å². The average Bonchev–Trinajstić information content (AvgIpc) is 2.48. The molecule has 5 nitrogen and oxygen atoms in total. The molecule has 1 amide bonds. The first kappa shape index (κ1) is 15.4. The SMILES string of the molecule is O=C(Nc1cc2ccc(O)cc2oc1=O)c1ccc(Cl)cc1Cl. The van der Waals surface area contributed by atoms with Gasteiger partial charge in [-0.3, -0.25) is 4.79 Å². The van der Waals surface area contributed by atoms with Crippen LogP contribution < -0.4 is 10.9 Å². The molecule has 2 N–H and O–H groups in total. The molecule has 0 bridgehead atoms. The lowest BCUT2D eigenvalue weighted by Gasteiger charge is -2.07. The zero-order chi connectivity index (χ0) is 16.6. The number of carbonyl (C=O) groups excluding carboxylic acids is 1. The molecular formula is C16H9Cl2NO4. The molecule has 0 atom stereocenters. The number of hydrogen-bond acceptors (Lipinski definition) is 4. The fourth-order valence-electron chi connectivity index (χ4n) is 2.05. The van der Waals surface area contributed by atoms with E-state index < -0.39 is 11.5 Å². The minimum atomic E-state index is -0.735. The highest BCUT2D eigenvalue weighted by Crippen LogP contribution is 2.23. The quantitative estimate of drug-likeness (QED) is 0.683. The van der Waals surface area contributed by atoms with Crippen molar-refractivity contribution in [2.75, 3.05) is 5.32 Å². The largest absolute Gasteiger partial charge is 0.508 e. The second-order valence-corrected chi connectivity index (χ2v) is 5.59. The van der Waals surface area contributed by atoms with Gasteiger partial charge in [0.25, 0.3) is 5.91 Å². The Hall–Kier alpha value is -2.50. The molecule has 1 heterocycles. The third-order valence-corrected chi connectivity index (χ3v) is 3.69. The first-order valence-corrected chi connectivity index (χ1v) is 7.23. The lowest BCUT2D eigenvalue weighted by atomic mass is 10.2. The monoisotopic (exact) mass is 349 g/mol. The van der Waals surface area contributed by atoms with Crippen molar-refractivity contribution in [2.45, 2.75) is 0 Å². The van der Waals surface area contributed by atoms with Gasteiger partial charge in [0.2, 0.25) is 0 Å². The summed E-state index contributed by atoms with van der Waals surface area (Å²) in [6.45, 7) is 0. The van der Waals surface area contributed by atoms with Crippen LogP contribution in [0.15, 0.2) is 51.7 Å². The van der Waals surface area contributed by atoms with Gasteiger partial charge in [-0.15, -0.1) is 0 Å². The Kier molecular flexibility index (Phi) is 3.98. The van der Waals surface area contributed by atoms with E-state index in [2.05, 4.69) is 5.32 Å². The van der Waals surface area contributed by atoms with Crippen molar-refractivity contribution >= 4 is 45.8 Å². The molecule has 3 rings (SSSR count). The van der Waals surface area contributed by atoms with E-state index in [1.807, 2.05) is 0 Å². The van der Waals surface area contributed by atoms with Gasteiger partial charge in [-0.25, -0.2) is 4.79 Å². The summed E-state index contributed by atoms with van der Waals surface area (Å²) < 4.78 is 5.08. The molecule has 0 aliphatic rings. The molecule has 0 radical (unpaired) electrons.